The van der Waals surface area contributed by atoms with E-state index < -0.39 is 0 Å². The van der Waals surface area contributed by atoms with E-state index in [2.05, 4.69) is 27.4 Å². The van der Waals surface area contributed by atoms with Gasteiger partial charge in [-0.2, -0.15) is 14.7 Å². The van der Waals surface area contributed by atoms with E-state index in [1.54, 1.807) is 25.1 Å². The number of rotatable bonds is 6. The zero-order valence-corrected chi connectivity index (χ0v) is 12.6. The fraction of sp³-hybridized carbons (Fsp3) is 0.250. The maximum Gasteiger partial charge on any atom is 0.320 e. The Morgan fingerprint density at radius 3 is 2.64 bits per heavy atom. The fourth-order valence-electron chi connectivity index (χ4n) is 2.32. The van der Waals surface area contributed by atoms with Crippen molar-refractivity contribution in [2.24, 2.45) is 0 Å². The first kappa shape index (κ1) is 14.2. The summed E-state index contributed by atoms with van der Waals surface area (Å²) in [6.07, 6.45) is 2.72. The van der Waals surface area contributed by atoms with Gasteiger partial charge in [0.2, 0.25) is 0 Å². The number of aromatic nitrogens is 3. The largest absolute Gasteiger partial charge is 0.467 e. The highest BCUT2D eigenvalue weighted by atomic mass is 16.6. The minimum Gasteiger partial charge on any atom is -0.467 e. The van der Waals surface area contributed by atoms with Crippen molar-refractivity contribution in [3.05, 3.63) is 48.2 Å². The lowest BCUT2D eigenvalue weighted by Crippen LogP contribution is -2.09. The first-order chi connectivity index (χ1) is 10.8. The summed E-state index contributed by atoms with van der Waals surface area (Å²) in [6.45, 7) is 0.775. The molecule has 2 heterocycles. The van der Waals surface area contributed by atoms with Crippen LogP contribution in [0.4, 0.5) is 5.82 Å². The smallest absolute Gasteiger partial charge is 0.320 e. The van der Waals surface area contributed by atoms with Crippen LogP contribution in [0.2, 0.25) is 0 Å². The van der Waals surface area contributed by atoms with Gasteiger partial charge in [-0.1, -0.05) is 30.3 Å². The third-order valence-electron chi connectivity index (χ3n) is 3.42. The normalized spacial score (nSPS) is 10.6. The molecule has 2 aromatic heterocycles. The van der Waals surface area contributed by atoms with Gasteiger partial charge in [0, 0.05) is 12.7 Å². The van der Waals surface area contributed by atoms with Crippen LogP contribution in [0.15, 0.2) is 42.6 Å². The second-order valence-electron chi connectivity index (χ2n) is 4.78. The summed E-state index contributed by atoms with van der Waals surface area (Å²) in [5, 5.41) is 4.25. The summed E-state index contributed by atoms with van der Waals surface area (Å²) in [5.41, 5.74) is 1.96. The molecule has 0 amide bonds. The molecule has 0 saturated carbocycles. The lowest BCUT2D eigenvalue weighted by Gasteiger charge is -2.09. The molecule has 0 fully saturated rings. The maximum atomic E-state index is 5.24. The van der Waals surface area contributed by atoms with Crippen molar-refractivity contribution in [3.8, 4) is 6.01 Å². The van der Waals surface area contributed by atoms with Crippen molar-refractivity contribution >= 4 is 16.9 Å². The van der Waals surface area contributed by atoms with Gasteiger partial charge in [0.25, 0.3) is 0 Å². The van der Waals surface area contributed by atoms with Crippen molar-refractivity contribution in [1.82, 2.24) is 14.7 Å². The summed E-state index contributed by atoms with van der Waals surface area (Å²) < 4.78 is 6.75. The van der Waals surface area contributed by atoms with Gasteiger partial charge >= 0.3 is 6.01 Å². The zero-order valence-electron chi connectivity index (χ0n) is 12.6. The second-order valence-corrected chi connectivity index (χ2v) is 4.78. The number of fused-ring (bicyclic) bond motifs is 1. The molecule has 0 radical (unpaired) electrons. The van der Waals surface area contributed by atoms with E-state index in [-0.39, 0.29) is 0 Å². The third-order valence-corrected chi connectivity index (χ3v) is 3.42. The van der Waals surface area contributed by atoms with E-state index in [4.69, 9.17) is 9.57 Å². The Morgan fingerprint density at radius 1 is 1.09 bits per heavy atom. The van der Waals surface area contributed by atoms with E-state index in [1.807, 2.05) is 24.3 Å². The van der Waals surface area contributed by atoms with Gasteiger partial charge in [-0.15, -0.1) is 0 Å². The van der Waals surface area contributed by atoms with Crippen LogP contribution < -0.4 is 14.9 Å². The minimum absolute atomic E-state index is 0.312. The molecule has 3 aromatic rings. The minimum atomic E-state index is 0.312. The average molecular weight is 298 g/mol. The summed E-state index contributed by atoms with van der Waals surface area (Å²) >= 11 is 0. The fourth-order valence-corrected chi connectivity index (χ4v) is 2.32. The Labute approximate surface area is 128 Å². The average Bonchev–Trinajstić information content (AvgIpc) is 2.98. The van der Waals surface area contributed by atoms with Crippen LogP contribution in [0.3, 0.4) is 0 Å². The number of hydrogen-bond acceptors (Lipinski definition) is 5. The summed E-state index contributed by atoms with van der Waals surface area (Å²) in [7, 11) is 3.14. The maximum absolute atomic E-state index is 5.24. The lowest BCUT2D eigenvalue weighted by molar-refractivity contribution is 0.177. The number of benzene rings is 1. The van der Waals surface area contributed by atoms with E-state index in [9.17, 15) is 0 Å². The van der Waals surface area contributed by atoms with Crippen LogP contribution >= 0.6 is 0 Å². The highest BCUT2D eigenvalue weighted by molar-refractivity contribution is 5.87. The molecule has 0 atom stereocenters. The van der Waals surface area contributed by atoms with Crippen molar-refractivity contribution in [2.75, 3.05) is 26.1 Å². The number of anilines is 1. The predicted octanol–water partition coefficient (Wildman–Crippen LogP) is 2.15. The van der Waals surface area contributed by atoms with Gasteiger partial charge in [0.05, 0.1) is 12.5 Å². The van der Waals surface area contributed by atoms with Crippen molar-refractivity contribution < 1.29 is 9.57 Å². The monoisotopic (exact) mass is 298 g/mol. The molecular weight excluding hydrogens is 280 g/mol. The lowest BCUT2D eigenvalue weighted by atomic mass is 10.1. The van der Waals surface area contributed by atoms with E-state index in [0.29, 0.717) is 11.7 Å². The summed E-state index contributed by atoms with van der Waals surface area (Å²) in [6, 6.07) is 12.6. The first-order valence-corrected chi connectivity index (χ1v) is 7.07. The van der Waals surface area contributed by atoms with Gasteiger partial charge < -0.3 is 14.9 Å². The van der Waals surface area contributed by atoms with Gasteiger partial charge in [0.1, 0.15) is 12.9 Å². The molecule has 6 nitrogen and oxygen atoms in total. The first-order valence-electron chi connectivity index (χ1n) is 7.07. The van der Waals surface area contributed by atoms with Gasteiger partial charge in [-0.3, -0.25) is 0 Å². The Hall–Kier alpha value is -2.76. The quantitative estimate of drug-likeness (QED) is 0.755. The zero-order chi connectivity index (χ0) is 15.4. The van der Waals surface area contributed by atoms with Crippen LogP contribution in [0.25, 0.3) is 11.0 Å². The van der Waals surface area contributed by atoms with E-state index in [0.717, 1.165) is 24.2 Å². The van der Waals surface area contributed by atoms with Crippen LogP contribution in [0.1, 0.15) is 5.56 Å². The SMILES string of the molecule is COc1nc(NCCc2ccccc2)c2ccn(OC)c2n1. The number of hydrogen-bond donors (Lipinski definition) is 1. The van der Waals surface area contributed by atoms with Crippen LogP contribution in [0, 0.1) is 0 Å². The van der Waals surface area contributed by atoms with Gasteiger partial charge in [0.15, 0.2) is 5.65 Å². The van der Waals surface area contributed by atoms with Crippen LogP contribution in [-0.4, -0.2) is 35.5 Å². The molecule has 0 aliphatic heterocycles. The number of methoxy groups -OCH3 is 1. The standard InChI is InChI=1S/C16H18N4O2/c1-21-16-18-14(13-9-11-20(22-2)15(13)19-16)17-10-8-12-6-4-3-5-7-12/h3-7,9,11H,8,10H2,1-2H3,(H,17,18,19). The van der Waals surface area contributed by atoms with E-state index >= 15 is 0 Å². The molecule has 0 saturated heterocycles. The highest BCUT2D eigenvalue weighted by Gasteiger charge is 2.12. The summed E-state index contributed by atoms with van der Waals surface area (Å²) in [5.74, 6) is 0.744. The molecular formula is C16H18N4O2. The molecule has 0 bridgehead atoms. The summed E-state index contributed by atoms with van der Waals surface area (Å²) in [4.78, 5) is 13.9. The van der Waals surface area contributed by atoms with Crippen molar-refractivity contribution in [1.29, 1.82) is 0 Å². The number of ether oxygens (including phenoxy) is 1. The Balaban J connectivity index is 1.81. The molecule has 0 spiro atoms. The van der Waals surface area contributed by atoms with Crippen molar-refractivity contribution in [2.45, 2.75) is 6.42 Å². The van der Waals surface area contributed by atoms with E-state index in [1.165, 1.54) is 5.56 Å². The number of nitrogens with one attached hydrogen (secondary N) is 1. The highest BCUT2D eigenvalue weighted by Crippen LogP contribution is 2.23. The van der Waals surface area contributed by atoms with Gasteiger partial charge in [-0.05, 0) is 18.1 Å². The van der Waals surface area contributed by atoms with Crippen LogP contribution in [-0.2, 0) is 6.42 Å². The molecule has 0 unspecified atom stereocenters. The second kappa shape index (κ2) is 6.34. The van der Waals surface area contributed by atoms with Gasteiger partial charge in [-0.25, -0.2) is 0 Å². The topological polar surface area (TPSA) is 61.2 Å². The molecule has 0 aliphatic carbocycles. The predicted molar refractivity (Wildman–Crippen MR) is 85.2 cm³/mol. The molecule has 6 heteroatoms. The molecule has 1 aromatic carbocycles. The molecule has 0 aliphatic rings. The molecule has 1 N–H and O–H groups in total. The van der Waals surface area contributed by atoms with Crippen LogP contribution in [0.5, 0.6) is 6.01 Å². The van der Waals surface area contributed by atoms with Crippen molar-refractivity contribution in [3.63, 3.8) is 0 Å². The number of nitrogens with zero attached hydrogens (tertiary/aromatic N) is 3. The Morgan fingerprint density at radius 2 is 1.91 bits per heavy atom. The molecule has 114 valence electrons. The Kier molecular flexibility index (Phi) is 4.09. The molecule has 22 heavy (non-hydrogen) atoms. The molecule has 3 rings (SSSR count). The Bertz CT molecular complexity index is 755. The third kappa shape index (κ3) is 2.81.